The van der Waals surface area contributed by atoms with Gasteiger partial charge in [-0.2, -0.15) is 0 Å². The van der Waals surface area contributed by atoms with Crippen molar-refractivity contribution in [2.24, 2.45) is 0 Å². The van der Waals surface area contributed by atoms with Crippen molar-refractivity contribution < 1.29 is 4.74 Å². The Morgan fingerprint density at radius 2 is 1.85 bits per heavy atom. The van der Waals surface area contributed by atoms with Gasteiger partial charge in [-0.1, -0.05) is 6.07 Å². The number of aryl methyl sites for hydroxylation is 1. The van der Waals surface area contributed by atoms with E-state index in [1.165, 1.54) is 0 Å². The number of pyridine rings is 1. The Morgan fingerprint density at radius 1 is 1.15 bits per heavy atom. The van der Waals surface area contributed by atoms with Crippen LogP contribution in [0.5, 0.6) is 5.75 Å². The van der Waals surface area contributed by atoms with Gasteiger partial charge in [0.25, 0.3) is 5.56 Å². The van der Waals surface area contributed by atoms with E-state index in [-0.39, 0.29) is 5.56 Å². The highest BCUT2D eigenvalue weighted by molar-refractivity contribution is 7.98. The summed E-state index contributed by atoms with van der Waals surface area (Å²) in [6.07, 6.45) is 2.00. The van der Waals surface area contributed by atoms with Crippen LogP contribution in [-0.2, 0) is 6.54 Å². The van der Waals surface area contributed by atoms with Gasteiger partial charge in [-0.25, -0.2) is 0 Å². The number of rotatable bonds is 5. The Balaban J connectivity index is 2.37. The summed E-state index contributed by atoms with van der Waals surface area (Å²) >= 11 is 1.64. The average Bonchev–Trinajstić information content (AvgIpc) is 2.48. The van der Waals surface area contributed by atoms with E-state index in [0.29, 0.717) is 12.5 Å². The average molecular weight is 289 g/mol. The Kier molecular flexibility index (Phi) is 4.90. The lowest BCUT2D eigenvalue weighted by Gasteiger charge is -2.12. The first-order chi connectivity index (χ1) is 9.67. The van der Waals surface area contributed by atoms with Crippen LogP contribution in [0.3, 0.4) is 0 Å². The van der Waals surface area contributed by atoms with Crippen LogP contribution in [0.1, 0.15) is 12.5 Å². The zero-order chi connectivity index (χ0) is 14.5. The summed E-state index contributed by atoms with van der Waals surface area (Å²) in [7, 11) is 0. The monoisotopic (exact) mass is 289 g/mol. The number of hydrogen-bond donors (Lipinski definition) is 0. The van der Waals surface area contributed by atoms with Crippen molar-refractivity contribution in [1.82, 2.24) is 4.57 Å². The van der Waals surface area contributed by atoms with E-state index < -0.39 is 0 Å². The zero-order valence-electron chi connectivity index (χ0n) is 12.1. The van der Waals surface area contributed by atoms with Crippen molar-refractivity contribution in [3.63, 3.8) is 0 Å². The van der Waals surface area contributed by atoms with Crippen LogP contribution >= 0.6 is 11.8 Å². The molecule has 2 aromatic rings. The lowest BCUT2D eigenvalue weighted by molar-refractivity contribution is 0.393. The highest BCUT2D eigenvalue weighted by atomic mass is 32.2. The van der Waals surface area contributed by atoms with Gasteiger partial charge in [0.1, 0.15) is 11.7 Å². The van der Waals surface area contributed by atoms with Gasteiger partial charge in [0.05, 0.1) is 5.69 Å². The minimum absolute atomic E-state index is 0.0766. The van der Waals surface area contributed by atoms with Crippen LogP contribution in [0.2, 0.25) is 0 Å². The first kappa shape index (κ1) is 14.7. The Hall–Kier alpha value is -1.68. The molecule has 1 aromatic heterocycles. The van der Waals surface area contributed by atoms with Crippen molar-refractivity contribution in [1.29, 1.82) is 0 Å². The number of thioether (sulfide) groups is 1. The Bertz CT molecular complexity index is 632. The molecular weight excluding hydrogens is 270 g/mol. The van der Waals surface area contributed by atoms with Crippen LogP contribution in [0.15, 0.2) is 41.2 Å². The maximum atomic E-state index is 12.1. The summed E-state index contributed by atoms with van der Waals surface area (Å²) in [5, 5.41) is 0. The molecule has 3 nitrogen and oxygen atoms in total. The van der Waals surface area contributed by atoms with Crippen LogP contribution in [0.25, 0.3) is 11.3 Å². The molecule has 0 aliphatic heterocycles. The highest BCUT2D eigenvalue weighted by Crippen LogP contribution is 2.22. The van der Waals surface area contributed by atoms with Gasteiger partial charge in [-0.05, 0) is 56.0 Å². The lowest BCUT2D eigenvalue weighted by Crippen LogP contribution is -2.22. The largest absolute Gasteiger partial charge is 0.483 e. The summed E-state index contributed by atoms with van der Waals surface area (Å²) in [4.78, 5) is 12.1. The zero-order valence-corrected chi connectivity index (χ0v) is 12.9. The smallest absolute Gasteiger partial charge is 0.253 e. The Labute approximate surface area is 123 Å². The van der Waals surface area contributed by atoms with E-state index >= 15 is 0 Å². The molecule has 20 heavy (non-hydrogen) atoms. The molecule has 0 radical (unpaired) electrons. The minimum Gasteiger partial charge on any atom is -0.483 e. The number of ether oxygens (including phenoxy) is 1. The fourth-order valence-corrected chi connectivity index (χ4v) is 2.36. The highest BCUT2D eigenvalue weighted by Gasteiger charge is 2.07. The fraction of sp³-hybridized carbons (Fsp3) is 0.312. The molecule has 1 heterocycles. The van der Waals surface area contributed by atoms with E-state index in [4.69, 9.17) is 4.74 Å². The molecule has 0 N–H and O–H groups in total. The molecule has 0 saturated heterocycles. The van der Waals surface area contributed by atoms with Gasteiger partial charge in [-0.3, -0.25) is 4.79 Å². The van der Waals surface area contributed by atoms with Gasteiger partial charge in [-0.15, -0.1) is 11.8 Å². The van der Waals surface area contributed by atoms with E-state index in [1.807, 2.05) is 56.5 Å². The lowest BCUT2D eigenvalue weighted by atomic mass is 10.1. The maximum Gasteiger partial charge on any atom is 0.253 e. The summed E-state index contributed by atoms with van der Waals surface area (Å²) in [5.74, 6) is 1.49. The van der Waals surface area contributed by atoms with E-state index in [9.17, 15) is 4.79 Å². The number of aromatic nitrogens is 1. The molecule has 0 amide bonds. The van der Waals surface area contributed by atoms with Crippen LogP contribution in [0.4, 0.5) is 0 Å². The first-order valence-corrected chi connectivity index (χ1v) is 7.99. The molecular formula is C16H19NO2S. The molecule has 4 heteroatoms. The van der Waals surface area contributed by atoms with Gasteiger partial charge < -0.3 is 9.30 Å². The molecule has 0 aliphatic carbocycles. The van der Waals surface area contributed by atoms with Crippen LogP contribution in [-0.4, -0.2) is 16.8 Å². The molecule has 0 unspecified atom stereocenters. The van der Waals surface area contributed by atoms with Crippen molar-refractivity contribution >= 4 is 11.8 Å². The van der Waals surface area contributed by atoms with Crippen molar-refractivity contribution in [3.05, 3.63) is 52.3 Å². The summed E-state index contributed by atoms with van der Waals surface area (Å²) < 4.78 is 7.34. The molecule has 0 bridgehead atoms. The molecule has 1 aromatic carbocycles. The molecule has 2 rings (SSSR count). The fourth-order valence-electron chi connectivity index (χ4n) is 2.10. The van der Waals surface area contributed by atoms with Crippen molar-refractivity contribution in [2.75, 3.05) is 12.2 Å². The quantitative estimate of drug-likeness (QED) is 0.789. The van der Waals surface area contributed by atoms with Gasteiger partial charge in [0.15, 0.2) is 0 Å². The number of benzene rings is 1. The second-order valence-corrected chi connectivity index (χ2v) is 5.34. The predicted octanol–water partition coefficient (Wildman–Crippen LogP) is 3.54. The van der Waals surface area contributed by atoms with E-state index in [2.05, 4.69) is 0 Å². The van der Waals surface area contributed by atoms with Gasteiger partial charge in [0, 0.05) is 12.1 Å². The third kappa shape index (κ3) is 3.07. The third-order valence-electron chi connectivity index (χ3n) is 3.17. The second kappa shape index (κ2) is 6.66. The SMILES string of the molecule is CCn1c(-c2ccc(OCSC)cc2)ccc(C)c1=O. The molecule has 0 atom stereocenters. The van der Waals surface area contributed by atoms with E-state index in [1.54, 1.807) is 16.3 Å². The predicted molar refractivity (Wildman–Crippen MR) is 85.6 cm³/mol. The maximum absolute atomic E-state index is 12.1. The minimum atomic E-state index is 0.0766. The van der Waals surface area contributed by atoms with Crippen molar-refractivity contribution in [2.45, 2.75) is 20.4 Å². The number of nitrogens with zero attached hydrogens (tertiary/aromatic N) is 1. The normalized spacial score (nSPS) is 10.6. The van der Waals surface area contributed by atoms with Crippen LogP contribution in [0, 0.1) is 6.92 Å². The van der Waals surface area contributed by atoms with Gasteiger partial charge in [0.2, 0.25) is 0 Å². The molecule has 0 saturated carbocycles. The first-order valence-electron chi connectivity index (χ1n) is 6.60. The summed E-state index contributed by atoms with van der Waals surface area (Å²) in [5.41, 5.74) is 2.82. The number of hydrogen-bond acceptors (Lipinski definition) is 3. The third-order valence-corrected chi connectivity index (χ3v) is 3.53. The van der Waals surface area contributed by atoms with Crippen molar-refractivity contribution in [3.8, 4) is 17.0 Å². The van der Waals surface area contributed by atoms with Gasteiger partial charge >= 0.3 is 0 Å². The Morgan fingerprint density at radius 3 is 2.45 bits per heavy atom. The topological polar surface area (TPSA) is 31.2 Å². The second-order valence-electron chi connectivity index (χ2n) is 4.53. The molecule has 0 spiro atoms. The molecule has 0 fully saturated rings. The molecule has 106 valence electrons. The molecule has 0 aliphatic rings. The summed E-state index contributed by atoms with van der Waals surface area (Å²) in [6.45, 7) is 4.50. The van der Waals surface area contributed by atoms with E-state index in [0.717, 1.165) is 22.6 Å². The standard InChI is InChI=1S/C16H19NO2S/c1-4-17-15(10-5-12(2)16(17)18)13-6-8-14(9-7-13)19-11-20-3/h5-10H,4,11H2,1-3H3. The summed E-state index contributed by atoms with van der Waals surface area (Å²) in [6, 6.07) is 11.7. The van der Waals surface area contributed by atoms with Crippen LogP contribution < -0.4 is 10.3 Å².